The van der Waals surface area contributed by atoms with E-state index >= 15 is 0 Å². The van der Waals surface area contributed by atoms with Crippen LogP contribution in [-0.4, -0.2) is 16.1 Å². The first-order valence-electron chi connectivity index (χ1n) is 4.77. The predicted molar refractivity (Wildman–Crippen MR) is 64.9 cm³/mol. The average molecular weight is 256 g/mol. The van der Waals surface area contributed by atoms with Crippen LogP contribution in [0.2, 0.25) is 4.34 Å². The van der Waals surface area contributed by atoms with E-state index in [1.54, 1.807) is 12.4 Å². The molecular formula is C10H10ClN3OS. The maximum absolute atomic E-state index is 11.5. The topological polar surface area (TPSA) is 57.8 Å². The normalized spacial score (nSPS) is 10.3. The Labute approximate surface area is 102 Å². The molecule has 0 aliphatic carbocycles. The third kappa shape index (κ3) is 3.08. The van der Waals surface area contributed by atoms with Crippen LogP contribution >= 0.6 is 22.9 Å². The molecular weight excluding hydrogens is 246 g/mol. The number of H-pyrrole nitrogens is 1. The summed E-state index contributed by atoms with van der Waals surface area (Å²) in [4.78, 5) is 12.6. The van der Waals surface area contributed by atoms with Crippen molar-refractivity contribution in [1.29, 1.82) is 0 Å². The Morgan fingerprint density at radius 3 is 3.06 bits per heavy atom. The highest BCUT2D eigenvalue weighted by Crippen LogP contribution is 2.22. The molecule has 0 spiro atoms. The van der Waals surface area contributed by atoms with Gasteiger partial charge in [0.25, 0.3) is 0 Å². The summed E-state index contributed by atoms with van der Waals surface area (Å²) in [5.74, 6) is -0.0223. The number of carbonyl (C=O) groups is 1. The number of nitrogens with zero attached hydrogens (tertiary/aromatic N) is 1. The molecule has 0 radical (unpaired) electrons. The van der Waals surface area contributed by atoms with Gasteiger partial charge in [0.2, 0.25) is 5.91 Å². The summed E-state index contributed by atoms with van der Waals surface area (Å²) in [5.41, 5.74) is 0.689. The molecule has 0 fully saturated rings. The first kappa shape index (κ1) is 11.2. The molecule has 84 valence electrons. The number of hydrogen-bond donors (Lipinski definition) is 2. The van der Waals surface area contributed by atoms with Gasteiger partial charge in [-0.2, -0.15) is 5.10 Å². The van der Waals surface area contributed by atoms with E-state index in [2.05, 4.69) is 15.5 Å². The Morgan fingerprint density at radius 1 is 1.56 bits per heavy atom. The zero-order valence-electron chi connectivity index (χ0n) is 8.37. The van der Waals surface area contributed by atoms with Gasteiger partial charge in [-0.05, 0) is 18.6 Å². The minimum absolute atomic E-state index is 0.0223. The Morgan fingerprint density at radius 2 is 2.44 bits per heavy atom. The lowest BCUT2D eigenvalue weighted by Crippen LogP contribution is -2.11. The molecule has 2 aromatic heterocycles. The van der Waals surface area contributed by atoms with Gasteiger partial charge in [-0.3, -0.25) is 9.89 Å². The molecule has 2 rings (SSSR count). The average Bonchev–Trinajstić information content (AvgIpc) is 2.87. The number of anilines is 1. The Kier molecular flexibility index (Phi) is 3.58. The number of rotatable bonds is 4. The molecule has 2 aromatic rings. The zero-order chi connectivity index (χ0) is 11.4. The molecule has 0 saturated carbocycles. The van der Waals surface area contributed by atoms with Gasteiger partial charge in [0.05, 0.1) is 16.2 Å². The summed E-state index contributed by atoms with van der Waals surface area (Å²) < 4.78 is 0.755. The number of hydrogen-bond acceptors (Lipinski definition) is 3. The fourth-order valence-electron chi connectivity index (χ4n) is 1.27. The van der Waals surface area contributed by atoms with Crippen molar-refractivity contribution < 1.29 is 4.79 Å². The summed E-state index contributed by atoms with van der Waals surface area (Å²) in [6.07, 6.45) is 4.36. The highest BCUT2D eigenvalue weighted by Gasteiger charge is 2.05. The summed E-state index contributed by atoms with van der Waals surface area (Å²) in [7, 11) is 0. The van der Waals surface area contributed by atoms with Crippen molar-refractivity contribution >= 4 is 34.5 Å². The van der Waals surface area contributed by atoms with Crippen LogP contribution in [0.1, 0.15) is 11.3 Å². The van der Waals surface area contributed by atoms with E-state index in [0.29, 0.717) is 18.5 Å². The van der Waals surface area contributed by atoms with Crippen LogP contribution in [0.15, 0.2) is 24.5 Å². The van der Waals surface area contributed by atoms with Gasteiger partial charge in [0, 0.05) is 17.5 Å². The van der Waals surface area contributed by atoms with E-state index in [0.717, 1.165) is 9.21 Å². The van der Waals surface area contributed by atoms with Crippen LogP contribution < -0.4 is 5.32 Å². The lowest BCUT2D eigenvalue weighted by atomic mass is 10.2. The molecule has 1 amide bonds. The minimum atomic E-state index is -0.0223. The first-order chi connectivity index (χ1) is 7.74. The van der Waals surface area contributed by atoms with Gasteiger partial charge >= 0.3 is 0 Å². The number of carbonyl (C=O) groups excluding carboxylic acids is 1. The minimum Gasteiger partial charge on any atom is -0.323 e. The number of aromatic amines is 1. The molecule has 4 nitrogen and oxygen atoms in total. The third-order valence-corrected chi connectivity index (χ3v) is 3.30. The standard InChI is InChI=1S/C10H10ClN3OS/c11-9-3-1-8(16-9)2-4-10(15)14-7-5-12-13-6-7/h1,3,5-6H,2,4H2,(H,12,13)(H,14,15). The maximum atomic E-state index is 11.5. The zero-order valence-corrected chi connectivity index (χ0v) is 9.94. The third-order valence-electron chi connectivity index (χ3n) is 2.01. The van der Waals surface area contributed by atoms with Crippen molar-refractivity contribution in [1.82, 2.24) is 10.2 Å². The molecule has 0 aliphatic heterocycles. The van der Waals surface area contributed by atoms with Crippen LogP contribution in [0.5, 0.6) is 0 Å². The number of amides is 1. The molecule has 0 aromatic carbocycles. The fraction of sp³-hybridized carbons (Fsp3) is 0.200. The van der Waals surface area contributed by atoms with Gasteiger partial charge in [0.1, 0.15) is 0 Å². The molecule has 0 unspecified atom stereocenters. The van der Waals surface area contributed by atoms with E-state index in [1.165, 1.54) is 11.3 Å². The molecule has 0 atom stereocenters. The first-order valence-corrected chi connectivity index (χ1v) is 5.96. The highest BCUT2D eigenvalue weighted by molar-refractivity contribution is 7.16. The van der Waals surface area contributed by atoms with Crippen LogP contribution in [0.4, 0.5) is 5.69 Å². The SMILES string of the molecule is O=C(CCc1ccc(Cl)s1)Nc1cn[nH]c1. The fourth-order valence-corrected chi connectivity index (χ4v) is 2.35. The second-order valence-corrected chi connectivity index (χ2v) is 5.04. The lowest BCUT2D eigenvalue weighted by molar-refractivity contribution is -0.116. The van der Waals surface area contributed by atoms with Crippen LogP contribution in [0.3, 0.4) is 0 Å². The summed E-state index contributed by atoms with van der Waals surface area (Å²) in [6.45, 7) is 0. The lowest BCUT2D eigenvalue weighted by Gasteiger charge is -2.00. The maximum Gasteiger partial charge on any atom is 0.224 e. The van der Waals surface area contributed by atoms with Crippen molar-refractivity contribution in [2.75, 3.05) is 5.32 Å². The summed E-state index contributed by atoms with van der Waals surface area (Å²) in [6, 6.07) is 3.79. The Hall–Kier alpha value is -1.33. The van der Waals surface area contributed by atoms with Gasteiger partial charge < -0.3 is 5.32 Å². The summed E-state index contributed by atoms with van der Waals surface area (Å²) >= 11 is 7.30. The van der Waals surface area contributed by atoms with Crippen molar-refractivity contribution in [2.45, 2.75) is 12.8 Å². The number of aromatic nitrogens is 2. The molecule has 0 saturated heterocycles. The van der Waals surface area contributed by atoms with E-state index in [-0.39, 0.29) is 5.91 Å². The van der Waals surface area contributed by atoms with Gasteiger partial charge in [0.15, 0.2) is 0 Å². The molecule has 0 aliphatic rings. The molecule has 2 heterocycles. The van der Waals surface area contributed by atoms with Gasteiger partial charge in [-0.15, -0.1) is 11.3 Å². The summed E-state index contributed by atoms with van der Waals surface area (Å²) in [5, 5.41) is 9.11. The number of nitrogens with one attached hydrogen (secondary N) is 2. The van der Waals surface area contributed by atoms with Crippen LogP contribution in [0, 0.1) is 0 Å². The second-order valence-electron chi connectivity index (χ2n) is 3.24. The smallest absolute Gasteiger partial charge is 0.224 e. The van der Waals surface area contributed by atoms with Crippen molar-refractivity contribution in [3.63, 3.8) is 0 Å². The molecule has 16 heavy (non-hydrogen) atoms. The quantitative estimate of drug-likeness (QED) is 0.883. The van der Waals surface area contributed by atoms with E-state index in [9.17, 15) is 4.79 Å². The number of thiophene rings is 1. The van der Waals surface area contributed by atoms with Crippen LogP contribution in [0.25, 0.3) is 0 Å². The predicted octanol–water partition coefficient (Wildman–Crippen LogP) is 2.70. The Bertz CT molecular complexity index is 466. The number of halogens is 1. The van der Waals surface area contributed by atoms with Crippen LogP contribution in [-0.2, 0) is 11.2 Å². The Balaban J connectivity index is 1.80. The second kappa shape index (κ2) is 5.14. The van der Waals surface area contributed by atoms with Gasteiger partial charge in [-0.25, -0.2) is 0 Å². The largest absolute Gasteiger partial charge is 0.323 e. The monoisotopic (exact) mass is 255 g/mol. The van der Waals surface area contributed by atoms with Crippen molar-refractivity contribution in [3.8, 4) is 0 Å². The number of aryl methyl sites for hydroxylation is 1. The van der Waals surface area contributed by atoms with Crippen molar-refractivity contribution in [3.05, 3.63) is 33.7 Å². The highest BCUT2D eigenvalue weighted by atomic mass is 35.5. The molecule has 2 N–H and O–H groups in total. The van der Waals surface area contributed by atoms with Gasteiger partial charge in [-0.1, -0.05) is 11.6 Å². The molecule has 6 heteroatoms. The van der Waals surface area contributed by atoms with E-state index < -0.39 is 0 Å². The van der Waals surface area contributed by atoms with Crippen molar-refractivity contribution in [2.24, 2.45) is 0 Å². The van der Waals surface area contributed by atoms with E-state index in [1.807, 2.05) is 12.1 Å². The van der Waals surface area contributed by atoms with E-state index in [4.69, 9.17) is 11.6 Å². The molecule has 0 bridgehead atoms.